The first-order chi connectivity index (χ1) is 7.65. The van der Waals surface area contributed by atoms with Crippen molar-refractivity contribution in [1.82, 2.24) is 10.6 Å². The maximum Gasteiger partial charge on any atom is 0.315 e. The third-order valence-electron chi connectivity index (χ3n) is 2.18. The molecule has 0 aromatic carbocycles. The summed E-state index contributed by atoms with van der Waals surface area (Å²) in [5.74, 6) is -1.75. The zero-order chi connectivity index (χ0) is 13.6. The van der Waals surface area contributed by atoms with Crippen LogP contribution in [0.15, 0.2) is 0 Å². The summed E-state index contributed by atoms with van der Waals surface area (Å²) in [6, 6.07) is -0.550. The summed E-state index contributed by atoms with van der Waals surface area (Å²) in [6.45, 7) is 4.88. The molecule has 5 N–H and O–H groups in total. The van der Waals surface area contributed by atoms with Gasteiger partial charge in [0.2, 0.25) is 5.91 Å². The Morgan fingerprint density at radius 2 is 1.88 bits per heavy atom. The van der Waals surface area contributed by atoms with E-state index in [9.17, 15) is 14.4 Å². The fraction of sp³-hybridized carbons (Fsp3) is 0.700. The highest BCUT2D eigenvalue weighted by Crippen LogP contribution is 2.01. The first kappa shape index (κ1) is 15.2. The number of carbonyl (C=O) groups is 3. The van der Waals surface area contributed by atoms with Crippen molar-refractivity contribution in [2.75, 3.05) is 6.54 Å². The van der Waals surface area contributed by atoms with E-state index >= 15 is 0 Å². The molecule has 0 aliphatic carbocycles. The average Bonchev–Trinajstić information content (AvgIpc) is 2.12. The summed E-state index contributed by atoms with van der Waals surface area (Å²) < 4.78 is 0. The molecule has 7 nitrogen and oxygen atoms in total. The van der Waals surface area contributed by atoms with Crippen LogP contribution >= 0.6 is 0 Å². The van der Waals surface area contributed by atoms with Gasteiger partial charge in [0.15, 0.2) is 0 Å². The molecule has 0 aliphatic rings. The molecular weight excluding hydrogens is 226 g/mol. The number of nitrogens with one attached hydrogen (secondary N) is 2. The predicted molar refractivity (Wildman–Crippen MR) is 61.2 cm³/mol. The summed E-state index contributed by atoms with van der Waals surface area (Å²) in [5, 5.41) is 13.4. The van der Waals surface area contributed by atoms with E-state index in [4.69, 9.17) is 10.8 Å². The number of aliphatic carboxylic acids is 1. The zero-order valence-electron chi connectivity index (χ0n) is 10.2. The Labute approximate surface area is 99.7 Å². The molecule has 0 aliphatic heterocycles. The molecule has 7 heteroatoms. The molecule has 0 fully saturated rings. The van der Waals surface area contributed by atoms with Crippen LogP contribution in [-0.4, -0.2) is 35.1 Å². The van der Waals surface area contributed by atoms with Gasteiger partial charge in [-0.2, -0.15) is 0 Å². The minimum atomic E-state index is -1.14. The van der Waals surface area contributed by atoms with Crippen LogP contribution in [0.3, 0.4) is 0 Å². The lowest BCUT2D eigenvalue weighted by molar-refractivity contribution is -0.137. The number of rotatable bonds is 6. The van der Waals surface area contributed by atoms with E-state index in [0.29, 0.717) is 0 Å². The minimum absolute atomic E-state index is 0.0283. The molecule has 3 amide bonds. The molecule has 0 bridgehead atoms. The van der Waals surface area contributed by atoms with Crippen molar-refractivity contribution in [1.29, 1.82) is 0 Å². The Balaban J connectivity index is 4.04. The molecule has 0 saturated heterocycles. The van der Waals surface area contributed by atoms with Crippen molar-refractivity contribution in [2.24, 2.45) is 11.7 Å². The molecule has 1 atom stereocenters. The third kappa shape index (κ3) is 6.39. The number of amides is 3. The molecule has 0 aromatic heterocycles. The van der Waals surface area contributed by atoms with Gasteiger partial charge in [-0.15, -0.1) is 0 Å². The SMILES string of the molecule is CC(CNC(=O)NC(C)(C)C(N)=O)CC(=O)O. The Kier molecular flexibility index (Phi) is 5.43. The van der Waals surface area contributed by atoms with E-state index in [-0.39, 0.29) is 18.9 Å². The smallest absolute Gasteiger partial charge is 0.315 e. The van der Waals surface area contributed by atoms with Gasteiger partial charge in [0, 0.05) is 13.0 Å². The lowest BCUT2D eigenvalue weighted by Crippen LogP contribution is -2.56. The quantitative estimate of drug-likeness (QED) is 0.511. The van der Waals surface area contributed by atoms with Crippen molar-refractivity contribution in [2.45, 2.75) is 32.7 Å². The number of carboxylic acids is 1. The molecule has 98 valence electrons. The molecule has 1 unspecified atom stereocenters. The number of primary amides is 1. The van der Waals surface area contributed by atoms with Crippen LogP contribution in [0.5, 0.6) is 0 Å². The summed E-state index contributed by atoms with van der Waals surface area (Å²) in [6.07, 6.45) is -0.0283. The lowest BCUT2D eigenvalue weighted by atomic mass is 10.1. The van der Waals surface area contributed by atoms with Gasteiger partial charge in [0.05, 0.1) is 0 Å². The fourth-order valence-corrected chi connectivity index (χ4v) is 1.03. The van der Waals surface area contributed by atoms with Crippen LogP contribution in [-0.2, 0) is 9.59 Å². The predicted octanol–water partition coefficient (Wildman–Crippen LogP) is -0.340. The Morgan fingerprint density at radius 3 is 2.29 bits per heavy atom. The highest BCUT2D eigenvalue weighted by Gasteiger charge is 2.26. The minimum Gasteiger partial charge on any atom is -0.481 e. The summed E-state index contributed by atoms with van der Waals surface area (Å²) >= 11 is 0. The molecular formula is C10H19N3O4. The maximum atomic E-state index is 11.4. The maximum absolute atomic E-state index is 11.4. The molecule has 0 spiro atoms. The lowest BCUT2D eigenvalue weighted by Gasteiger charge is -2.22. The number of hydrogen-bond donors (Lipinski definition) is 4. The van der Waals surface area contributed by atoms with Crippen molar-refractivity contribution in [3.63, 3.8) is 0 Å². The number of urea groups is 1. The Bertz CT molecular complexity index is 315. The molecule has 0 rings (SSSR count). The van der Waals surface area contributed by atoms with E-state index in [1.807, 2.05) is 0 Å². The zero-order valence-corrected chi connectivity index (χ0v) is 10.2. The second kappa shape index (κ2) is 6.07. The van der Waals surface area contributed by atoms with Gasteiger partial charge in [-0.05, 0) is 19.8 Å². The largest absolute Gasteiger partial charge is 0.481 e. The van der Waals surface area contributed by atoms with E-state index in [1.54, 1.807) is 6.92 Å². The van der Waals surface area contributed by atoms with Gasteiger partial charge in [-0.1, -0.05) is 6.92 Å². The van der Waals surface area contributed by atoms with Crippen molar-refractivity contribution in [3.8, 4) is 0 Å². The van der Waals surface area contributed by atoms with E-state index < -0.39 is 23.4 Å². The van der Waals surface area contributed by atoms with Crippen molar-refractivity contribution >= 4 is 17.9 Å². The first-order valence-corrected chi connectivity index (χ1v) is 5.23. The normalized spacial score (nSPS) is 12.6. The topological polar surface area (TPSA) is 122 Å². The van der Waals surface area contributed by atoms with E-state index in [2.05, 4.69) is 10.6 Å². The summed E-state index contributed by atoms with van der Waals surface area (Å²) in [5.41, 5.74) is 3.94. The standard InChI is InChI=1S/C10H19N3O4/c1-6(4-7(14)15)5-12-9(17)13-10(2,3)8(11)16/h6H,4-5H2,1-3H3,(H2,11,16)(H,14,15)(H2,12,13,17). The first-order valence-electron chi connectivity index (χ1n) is 5.23. The van der Waals surface area contributed by atoms with Crippen molar-refractivity contribution in [3.05, 3.63) is 0 Å². The molecule has 0 saturated carbocycles. The van der Waals surface area contributed by atoms with Gasteiger partial charge in [-0.25, -0.2) is 4.79 Å². The number of hydrogen-bond acceptors (Lipinski definition) is 3. The van der Waals surface area contributed by atoms with Crippen LogP contribution in [0, 0.1) is 5.92 Å². The highest BCUT2D eigenvalue weighted by molar-refractivity contribution is 5.89. The third-order valence-corrected chi connectivity index (χ3v) is 2.18. The van der Waals surface area contributed by atoms with E-state index in [1.165, 1.54) is 13.8 Å². The Hall–Kier alpha value is -1.79. The molecule has 17 heavy (non-hydrogen) atoms. The number of nitrogens with two attached hydrogens (primary N) is 1. The molecule has 0 radical (unpaired) electrons. The van der Waals surface area contributed by atoms with Crippen molar-refractivity contribution < 1.29 is 19.5 Å². The second-order valence-corrected chi connectivity index (χ2v) is 4.53. The molecule has 0 heterocycles. The van der Waals surface area contributed by atoms with Gasteiger partial charge in [0.25, 0.3) is 0 Å². The van der Waals surface area contributed by atoms with Crippen LogP contribution in [0.4, 0.5) is 4.79 Å². The van der Waals surface area contributed by atoms with E-state index in [0.717, 1.165) is 0 Å². The number of carbonyl (C=O) groups excluding carboxylic acids is 2. The monoisotopic (exact) mass is 245 g/mol. The Morgan fingerprint density at radius 1 is 1.35 bits per heavy atom. The van der Waals surface area contributed by atoms with Crippen LogP contribution in [0.25, 0.3) is 0 Å². The highest BCUT2D eigenvalue weighted by atomic mass is 16.4. The average molecular weight is 245 g/mol. The van der Waals surface area contributed by atoms with Gasteiger partial charge in [-0.3, -0.25) is 9.59 Å². The van der Waals surface area contributed by atoms with Gasteiger partial charge < -0.3 is 21.5 Å². The van der Waals surface area contributed by atoms with Gasteiger partial charge >= 0.3 is 12.0 Å². The van der Waals surface area contributed by atoms with Crippen LogP contribution in [0.1, 0.15) is 27.2 Å². The number of carboxylic acid groups (broad SMARTS) is 1. The second-order valence-electron chi connectivity index (χ2n) is 4.53. The molecule has 0 aromatic rings. The fourth-order valence-electron chi connectivity index (χ4n) is 1.03. The summed E-state index contributed by atoms with van der Waals surface area (Å²) in [4.78, 5) is 32.7. The van der Waals surface area contributed by atoms with Crippen LogP contribution in [0.2, 0.25) is 0 Å². The van der Waals surface area contributed by atoms with Crippen LogP contribution < -0.4 is 16.4 Å². The summed E-state index contributed by atoms with van der Waals surface area (Å²) in [7, 11) is 0. The van der Waals surface area contributed by atoms with Gasteiger partial charge in [0.1, 0.15) is 5.54 Å².